The first-order valence-corrected chi connectivity index (χ1v) is 7.12. The summed E-state index contributed by atoms with van der Waals surface area (Å²) in [5, 5.41) is 0.613. The lowest BCUT2D eigenvalue weighted by Gasteiger charge is -2.21. The fraction of sp³-hybridized carbons (Fsp3) is 0.250. The third kappa shape index (κ3) is 3.52. The molecule has 2 rings (SSSR count). The molecule has 0 saturated carbocycles. The van der Waals surface area contributed by atoms with E-state index < -0.39 is 0 Å². The number of benzene rings is 1. The molecule has 0 bridgehead atoms. The number of H-pyrrole nitrogens is 1. The largest absolute Gasteiger partial charge is 0.364 e. The van der Waals surface area contributed by atoms with E-state index in [0.717, 1.165) is 11.3 Å². The first-order valence-electron chi connectivity index (χ1n) is 6.75. The van der Waals surface area contributed by atoms with Crippen molar-refractivity contribution in [3.8, 4) is 0 Å². The van der Waals surface area contributed by atoms with Gasteiger partial charge in [-0.15, -0.1) is 0 Å². The van der Waals surface area contributed by atoms with Gasteiger partial charge in [0.25, 0.3) is 5.91 Å². The molecule has 0 spiro atoms. The minimum absolute atomic E-state index is 0.148. The number of halogens is 1. The minimum atomic E-state index is -0.293. The van der Waals surface area contributed by atoms with Gasteiger partial charge in [0.05, 0.1) is 0 Å². The number of aromatic nitrogens is 1. The number of rotatable bonds is 4. The number of aromatic amines is 1. The number of hydrogen-bond acceptors (Lipinski definition) is 2. The minimum Gasteiger partial charge on any atom is -0.364 e. The molecule has 110 valence electrons. The van der Waals surface area contributed by atoms with E-state index >= 15 is 0 Å². The zero-order valence-electron chi connectivity index (χ0n) is 12.0. The third-order valence-corrected chi connectivity index (χ3v) is 3.64. The summed E-state index contributed by atoms with van der Waals surface area (Å²) in [5.74, 6) is -0.293. The molecular formula is C16H17ClN2O2. The van der Waals surface area contributed by atoms with Crippen molar-refractivity contribution in [3.05, 3.63) is 68.6 Å². The molecule has 21 heavy (non-hydrogen) atoms. The lowest BCUT2D eigenvalue weighted by molar-refractivity contribution is 0.0751. The fourth-order valence-corrected chi connectivity index (χ4v) is 2.27. The van der Waals surface area contributed by atoms with Crippen molar-refractivity contribution in [2.24, 2.45) is 0 Å². The average molecular weight is 305 g/mol. The molecule has 1 heterocycles. The van der Waals surface area contributed by atoms with Gasteiger partial charge in [-0.1, -0.05) is 29.8 Å². The summed E-state index contributed by atoms with van der Waals surface area (Å²) >= 11 is 6.12. The van der Waals surface area contributed by atoms with Crippen LogP contribution in [0, 0.1) is 6.92 Å². The SMILES string of the molecule is CCN(Cc1ccccc1Cl)C(=O)c1c[nH]c(C)cc1=O. The molecule has 2 aromatic rings. The number of amides is 1. The van der Waals surface area contributed by atoms with Crippen molar-refractivity contribution >= 4 is 17.5 Å². The second kappa shape index (κ2) is 6.59. The molecule has 4 nitrogen and oxygen atoms in total. The predicted octanol–water partition coefficient (Wildman–Crippen LogP) is 3.00. The molecule has 0 aliphatic rings. The van der Waals surface area contributed by atoms with Crippen LogP contribution in [0.4, 0.5) is 0 Å². The van der Waals surface area contributed by atoms with Crippen LogP contribution in [0.5, 0.6) is 0 Å². The van der Waals surface area contributed by atoms with Crippen LogP contribution in [-0.2, 0) is 6.54 Å². The van der Waals surface area contributed by atoms with Gasteiger partial charge in [-0.2, -0.15) is 0 Å². The summed E-state index contributed by atoms with van der Waals surface area (Å²) in [5.41, 5.74) is 1.46. The molecule has 0 aliphatic carbocycles. The molecule has 1 aromatic carbocycles. The van der Waals surface area contributed by atoms with Crippen LogP contribution >= 0.6 is 11.6 Å². The van der Waals surface area contributed by atoms with Crippen LogP contribution in [0.2, 0.25) is 5.02 Å². The van der Waals surface area contributed by atoms with E-state index in [0.29, 0.717) is 18.1 Å². The molecular weight excluding hydrogens is 288 g/mol. The van der Waals surface area contributed by atoms with Crippen LogP contribution in [0.3, 0.4) is 0 Å². The predicted molar refractivity (Wildman–Crippen MR) is 83.7 cm³/mol. The Labute approximate surface area is 128 Å². The van der Waals surface area contributed by atoms with Crippen LogP contribution in [0.15, 0.2) is 41.3 Å². The van der Waals surface area contributed by atoms with Crippen molar-refractivity contribution in [3.63, 3.8) is 0 Å². The Morgan fingerprint density at radius 3 is 2.67 bits per heavy atom. The number of carbonyl (C=O) groups is 1. The molecule has 0 radical (unpaired) electrons. The van der Waals surface area contributed by atoms with Crippen LogP contribution in [0.1, 0.15) is 28.5 Å². The van der Waals surface area contributed by atoms with Gasteiger partial charge in [-0.3, -0.25) is 9.59 Å². The van der Waals surface area contributed by atoms with Gasteiger partial charge in [0, 0.05) is 36.1 Å². The van der Waals surface area contributed by atoms with Crippen molar-refractivity contribution in [1.29, 1.82) is 0 Å². The van der Waals surface area contributed by atoms with Gasteiger partial charge in [0.2, 0.25) is 0 Å². The van der Waals surface area contributed by atoms with E-state index in [9.17, 15) is 9.59 Å². The highest BCUT2D eigenvalue weighted by Gasteiger charge is 2.18. The number of aryl methyl sites for hydroxylation is 1. The first-order chi connectivity index (χ1) is 10.0. The number of carbonyl (C=O) groups excluding carboxylic acids is 1. The number of pyridine rings is 1. The van der Waals surface area contributed by atoms with E-state index in [1.54, 1.807) is 17.9 Å². The van der Waals surface area contributed by atoms with Crippen LogP contribution in [-0.4, -0.2) is 22.3 Å². The summed E-state index contributed by atoms with van der Waals surface area (Å²) in [7, 11) is 0. The quantitative estimate of drug-likeness (QED) is 0.944. The Morgan fingerprint density at radius 2 is 2.05 bits per heavy atom. The third-order valence-electron chi connectivity index (χ3n) is 3.28. The molecule has 0 fully saturated rings. The second-order valence-electron chi connectivity index (χ2n) is 4.80. The maximum atomic E-state index is 12.5. The van der Waals surface area contributed by atoms with E-state index in [1.165, 1.54) is 12.3 Å². The van der Waals surface area contributed by atoms with Gasteiger partial charge < -0.3 is 9.88 Å². The maximum absolute atomic E-state index is 12.5. The number of nitrogens with one attached hydrogen (secondary N) is 1. The molecule has 1 aromatic heterocycles. The summed E-state index contributed by atoms with van der Waals surface area (Å²) in [4.78, 5) is 28.9. The number of hydrogen-bond donors (Lipinski definition) is 1. The fourth-order valence-electron chi connectivity index (χ4n) is 2.07. The van der Waals surface area contributed by atoms with E-state index in [1.807, 2.05) is 25.1 Å². The molecule has 0 unspecified atom stereocenters. The summed E-state index contributed by atoms with van der Waals surface area (Å²) in [6.45, 7) is 4.52. The topological polar surface area (TPSA) is 53.2 Å². The van der Waals surface area contributed by atoms with Gasteiger partial charge in [-0.25, -0.2) is 0 Å². The lowest BCUT2D eigenvalue weighted by atomic mass is 10.1. The zero-order valence-corrected chi connectivity index (χ0v) is 12.8. The Kier molecular flexibility index (Phi) is 4.81. The molecule has 5 heteroatoms. The van der Waals surface area contributed by atoms with Crippen molar-refractivity contribution < 1.29 is 4.79 Å². The van der Waals surface area contributed by atoms with Crippen molar-refractivity contribution in [2.45, 2.75) is 20.4 Å². The lowest BCUT2D eigenvalue weighted by Crippen LogP contribution is -2.33. The van der Waals surface area contributed by atoms with Gasteiger partial charge in [0.1, 0.15) is 5.56 Å². The average Bonchev–Trinajstić information content (AvgIpc) is 2.46. The number of nitrogens with zero attached hydrogens (tertiary/aromatic N) is 1. The van der Waals surface area contributed by atoms with E-state index in [4.69, 9.17) is 11.6 Å². The monoisotopic (exact) mass is 304 g/mol. The summed E-state index contributed by atoms with van der Waals surface area (Å²) < 4.78 is 0. The molecule has 1 N–H and O–H groups in total. The molecule has 0 saturated heterocycles. The van der Waals surface area contributed by atoms with Crippen LogP contribution in [0.25, 0.3) is 0 Å². The Bertz CT molecular complexity index is 709. The Morgan fingerprint density at radius 1 is 1.33 bits per heavy atom. The van der Waals surface area contributed by atoms with Gasteiger partial charge >= 0.3 is 0 Å². The summed E-state index contributed by atoms with van der Waals surface area (Å²) in [6.07, 6.45) is 1.47. The Balaban J connectivity index is 2.27. The second-order valence-corrected chi connectivity index (χ2v) is 5.21. The standard InChI is InChI=1S/C16H17ClN2O2/c1-3-19(10-12-6-4-5-7-14(12)17)16(21)13-9-18-11(2)8-15(13)20/h4-9H,3,10H2,1-2H3,(H,18,20). The van der Waals surface area contributed by atoms with Crippen LogP contribution < -0.4 is 5.43 Å². The smallest absolute Gasteiger partial charge is 0.259 e. The maximum Gasteiger partial charge on any atom is 0.259 e. The highest BCUT2D eigenvalue weighted by atomic mass is 35.5. The highest BCUT2D eigenvalue weighted by Crippen LogP contribution is 2.17. The van der Waals surface area contributed by atoms with Gasteiger partial charge in [0.15, 0.2) is 5.43 Å². The van der Waals surface area contributed by atoms with Crippen molar-refractivity contribution in [2.75, 3.05) is 6.54 Å². The molecule has 0 atom stereocenters. The first kappa shape index (κ1) is 15.3. The highest BCUT2D eigenvalue weighted by molar-refractivity contribution is 6.31. The van der Waals surface area contributed by atoms with E-state index in [-0.39, 0.29) is 16.9 Å². The molecule has 1 amide bonds. The zero-order chi connectivity index (χ0) is 15.4. The summed E-state index contributed by atoms with van der Waals surface area (Å²) in [6, 6.07) is 8.80. The Hall–Kier alpha value is -2.07. The van der Waals surface area contributed by atoms with Crippen molar-refractivity contribution in [1.82, 2.24) is 9.88 Å². The normalized spacial score (nSPS) is 10.4. The van der Waals surface area contributed by atoms with E-state index in [2.05, 4.69) is 4.98 Å². The molecule has 0 aliphatic heterocycles. The van der Waals surface area contributed by atoms with Gasteiger partial charge in [-0.05, 0) is 25.5 Å².